The summed E-state index contributed by atoms with van der Waals surface area (Å²) < 4.78 is 5.78. The van der Waals surface area contributed by atoms with Gasteiger partial charge in [0.15, 0.2) is 6.10 Å². The topological polar surface area (TPSA) is 58.6 Å². The number of carbonyl (C=O) groups is 2. The summed E-state index contributed by atoms with van der Waals surface area (Å²) in [7, 11) is 1.74. The van der Waals surface area contributed by atoms with E-state index in [0.717, 1.165) is 11.3 Å². The Morgan fingerprint density at radius 3 is 2.79 bits per heavy atom. The van der Waals surface area contributed by atoms with Gasteiger partial charge in [0.05, 0.1) is 5.69 Å². The second-order valence-corrected chi connectivity index (χ2v) is 5.89. The van der Waals surface area contributed by atoms with Crippen molar-refractivity contribution < 1.29 is 14.3 Å². The number of hydrogen-bond acceptors (Lipinski definition) is 3. The Kier molecular flexibility index (Phi) is 4.51. The molecule has 0 aliphatic carbocycles. The van der Waals surface area contributed by atoms with E-state index in [1.165, 1.54) is 0 Å². The van der Waals surface area contributed by atoms with Crippen LogP contribution >= 0.6 is 0 Å². The lowest BCUT2D eigenvalue weighted by Crippen LogP contribution is -2.45. The van der Waals surface area contributed by atoms with Gasteiger partial charge in [-0.3, -0.25) is 9.59 Å². The minimum absolute atomic E-state index is 0.0986. The third-order valence-corrected chi connectivity index (χ3v) is 4.07. The zero-order chi connectivity index (χ0) is 17.1. The summed E-state index contributed by atoms with van der Waals surface area (Å²) in [6, 6.07) is 14.8. The summed E-state index contributed by atoms with van der Waals surface area (Å²) in [5.74, 6) is 0.448. The minimum Gasteiger partial charge on any atom is -0.478 e. The number of ether oxygens (including phenoxy) is 1. The molecule has 1 atom stereocenters. The van der Waals surface area contributed by atoms with Gasteiger partial charge in [0.25, 0.3) is 11.8 Å². The van der Waals surface area contributed by atoms with E-state index in [1.54, 1.807) is 18.0 Å². The Balaban J connectivity index is 1.59. The highest BCUT2D eigenvalue weighted by Gasteiger charge is 2.31. The van der Waals surface area contributed by atoms with Crippen LogP contribution in [0.3, 0.4) is 0 Å². The van der Waals surface area contributed by atoms with Gasteiger partial charge in [-0.25, -0.2) is 0 Å². The van der Waals surface area contributed by atoms with Crippen LogP contribution in [0.4, 0.5) is 5.69 Å². The number of likely N-dealkylation sites (N-methyl/N-ethyl adjacent to an activating group) is 1. The molecular formula is C19H20N2O3. The third kappa shape index (κ3) is 3.25. The van der Waals surface area contributed by atoms with Crippen molar-refractivity contribution in [3.8, 4) is 5.75 Å². The highest BCUT2D eigenvalue weighted by molar-refractivity contribution is 5.99. The van der Waals surface area contributed by atoms with Crippen molar-refractivity contribution >= 4 is 17.5 Å². The summed E-state index contributed by atoms with van der Waals surface area (Å²) >= 11 is 0. The predicted molar refractivity (Wildman–Crippen MR) is 92.4 cm³/mol. The first kappa shape index (κ1) is 16.1. The lowest BCUT2D eigenvalue weighted by molar-refractivity contribution is -0.126. The second kappa shape index (κ2) is 6.74. The molecule has 0 fully saturated rings. The molecule has 2 aromatic rings. The molecule has 0 saturated heterocycles. The van der Waals surface area contributed by atoms with Crippen LogP contribution < -0.4 is 15.0 Å². The zero-order valence-corrected chi connectivity index (χ0v) is 13.8. The average molecular weight is 324 g/mol. The van der Waals surface area contributed by atoms with E-state index in [4.69, 9.17) is 4.74 Å². The van der Waals surface area contributed by atoms with E-state index >= 15 is 0 Å². The van der Waals surface area contributed by atoms with Gasteiger partial charge in [-0.1, -0.05) is 29.8 Å². The molecule has 24 heavy (non-hydrogen) atoms. The average Bonchev–Trinajstić information content (AvgIpc) is 2.59. The Morgan fingerprint density at radius 1 is 1.21 bits per heavy atom. The lowest BCUT2D eigenvalue weighted by Gasteiger charge is -2.31. The van der Waals surface area contributed by atoms with Crippen molar-refractivity contribution in [3.63, 3.8) is 0 Å². The van der Waals surface area contributed by atoms with Gasteiger partial charge in [0.2, 0.25) is 0 Å². The van der Waals surface area contributed by atoms with Gasteiger partial charge in [-0.2, -0.15) is 0 Å². The number of nitrogens with one attached hydrogen (secondary N) is 1. The molecule has 0 bridgehead atoms. The van der Waals surface area contributed by atoms with Crippen LogP contribution in [0.1, 0.15) is 22.3 Å². The number of amides is 2. The van der Waals surface area contributed by atoms with Crippen molar-refractivity contribution in [2.45, 2.75) is 19.4 Å². The predicted octanol–water partition coefficient (Wildman–Crippen LogP) is 2.54. The zero-order valence-electron chi connectivity index (χ0n) is 13.8. The smallest absolute Gasteiger partial charge is 0.267 e. The van der Waals surface area contributed by atoms with Gasteiger partial charge in [-0.05, 0) is 31.2 Å². The van der Waals surface area contributed by atoms with E-state index < -0.39 is 6.10 Å². The molecule has 1 heterocycles. The summed E-state index contributed by atoms with van der Waals surface area (Å²) in [5.41, 5.74) is 2.42. The molecule has 0 aromatic heterocycles. The van der Waals surface area contributed by atoms with E-state index in [-0.39, 0.29) is 11.8 Å². The number of carbonyl (C=O) groups excluding carboxylic acids is 2. The molecule has 124 valence electrons. The number of fused-ring (bicyclic) bond motifs is 1. The van der Waals surface area contributed by atoms with Gasteiger partial charge < -0.3 is 15.0 Å². The lowest BCUT2D eigenvalue weighted by atomic mass is 10.1. The maximum atomic E-state index is 12.4. The van der Waals surface area contributed by atoms with Crippen molar-refractivity contribution in [2.24, 2.45) is 0 Å². The van der Waals surface area contributed by atoms with Crippen LogP contribution in [-0.2, 0) is 4.79 Å². The standard InChI is InChI=1S/C19H20N2O3/c1-13-6-5-7-14(12-13)18(22)20-11-10-17-19(23)21(2)15-8-3-4-9-16(15)24-17/h3-9,12,17H,10-11H2,1-2H3,(H,20,22). The van der Waals surface area contributed by atoms with Gasteiger partial charge in [-0.15, -0.1) is 0 Å². The summed E-state index contributed by atoms with van der Waals surface area (Å²) in [4.78, 5) is 26.1. The van der Waals surface area contributed by atoms with E-state index in [1.807, 2.05) is 49.4 Å². The number of nitrogens with zero attached hydrogens (tertiary/aromatic N) is 1. The molecule has 2 amide bonds. The monoisotopic (exact) mass is 324 g/mol. The maximum Gasteiger partial charge on any atom is 0.267 e. The Morgan fingerprint density at radius 2 is 2.00 bits per heavy atom. The van der Waals surface area contributed by atoms with Crippen molar-refractivity contribution in [1.82, 2.24) is 5.32 Å². The van der Waals surface area contributed by atoms with Crippen LogP contribution in [0, 0.1) is 6.92 Å². The van der Waals surface area contributed by atoms with E-state index in [0.29, 0.717) is 24.3 Å². The molecule has 3 rings (SSSR count). The number of hydrogen-bond donors (Lipinski definition) is 1. The number of anilines is 1. The molecule has 0 spiro atoms. The molecule has 1 aliphatic rings. The highest BCUT2D eigenvalue weighted by Crippen LogP contribution is 2.33. The Labute approximate surface area is 141 Å². The number of benzene rings is 2. The first-order valence-electron chi connectivity index (χ1n) is 7.94. The summed E-state index contributed by atoms with van der Waals surface area (Å²) in [6.45, 7) is 2.32. The van der Waals surface area contributed by atoms with Crippen molar-refractivity contribution in [3.05, 3.63) is 59.7 Å². The summed E-state index contributed by atoms with van der Waals surface area (Å²) in [5, 5.41) is 2.84. The van der Waals surface area contributed by atoms with Crippen molar-refractivity contribution in [1.29, 1.82) is 0 Å². The SMILES string of the molecule is Cc1cccc(C(=O)NCCC2Oc3ccccc3N(C)C2=O)c1. The van der Waals surface area contributed by atoms with Crippen molar-refractivity contribution in [2.75, 3.05) is 18.5 Å². The normalized spacial score (nSPS) is 16.3. The molecule has 1 unspecified atom stereocenters. The van der Waals surface area contributed by atoms with Crippen LogP contribution in [0.15, 0.2) is 48.5 Å². The molecule has 1 aliphatic heterocycles. The van der Waals surface area contributed by atoms with Gasteiger partial charge in [0.1, 0.15) is 5.75 Å². The summed E-state index contributed by atoms with van der Waals surface area (Å²) in [6.07, 6.45) is -0.155. The Hall–Kier alpha value is -2.82. The fourth-order valence-corrected chi connectivity index (χ4v) is 2.76. The molecular weight excluding hydrogens is 304 g/mol. The largest absolute Gasteiger partial charge is 0.478 e. The molecule has 5 heteroatoms. The van der Waals surface area contributed by atoms with Crippen LogP contribution in [0.5, 0.6) is 5.75 Å². The van der Waals surface area contributed by atoms with Gasteiger partial charge in [0, 0.05) is 25.6 Å². The highest BCUT2D eigenvalue weighted by atomic mass is 16.5. The fourth-order valence-electron chi connectivity index (χ4n) is 2.76. The molecule has 0 saturated carbocycles. The number of rotatable bonds is 4. The third-order valence-electron chi connectivity index (χ3n) is 4.07. The Bertz CT molecular complexity index is 773. The quantitative estimate of drug-likeness (QED) is 0.940. The maximum absolute atomic E-state index is 12.4. The minimum atomic E-state index is -0.581. The molecule has 2 aromatic carbocycles. The molecule has 0 radical (unpaired) electrons. The van der Waals surface area contributed by atoms with Crippen LogP contribution in [0.2, 0.25) is 0 Å². The van der Waals surface area contributed by atoms with E-state index in [2.05, 4.69) is 5.32 Å². The second-order valence-electron chi connectivity index (χ2n) is 5.89. The molecule has 1 N–H and O–H groups in total. The fraction of sp³-hybridized carbons (Fsp3) is 0.263. The molecule has 5 nitrogen and oxygen atoms in total. The first-order valence-corrected chi connectivity index (χ1v) is 7.94. The van der Waals surface area contributed by atoms with E-state index in [9.17, 15) is 9.59 Å². The number of para-hydroxylation sites is 2. The van der Waals surface area contributed by atoms with Crippen LogP contribution in [-0.4, -0.2) is 31.5 Å². The van der Waals surface area contributed by atoms with Crippen LogP contribution in [0.25, 0.3) is 0 Å². The van der Waals surface area contributed by atoms with Gasteiger partial charge >= 0.3 is 0 Å². The number of aryl methyl sites for hydroxylation is 1. The first-order chi connectivity index (χ1) is 11.6.